The van der Waals surface area contributed by atoms with Gasteiger partial charge in [0.1, 0.15) is 11.4 Å². The predicted octanol–water partition coefficient (Wildman–Crippen LogP) is 2.54. The van der Waals surface area contributed by atoms with Gasteiger partial charge in [-0.05, 0) is 51.8 Å². The average Bonchev–Trinajstić information content (AvgIpc) is 3.22. The average molecular weight is 426 g/mol. The van der Waals surface area contributed by atoms with E-state index in [0.717, 1.165) is 18.5 Å². The lowest BCUT2D eigenvalue weighted by Gasteiger charge is -2.37. The first kappa shape index (κ1) is 21.7. The summed E-state index contributed by atoms with van der Waals surface area (Å²) >= 11 is 0. The minimum absolute atomic E-state index is 0.282. The molecule has 2 aliphatic heterocycles. The van der Waals surface area contributed by atoms with Gasteiger partial charge in [0.15, 0.2) is 0 Å². The van der Waals surface area contributed by atoms with Crippen molar-refractivity contribution in [1.82, 2.24) is 9.21 Å². The lowest BCUT2D eigenvalue weighted by Crippen LogP contribution is -2.50. The standard InChI is InChI=1S/C20H31N3O5S/c1-20(2,3)28-19(24)22-13-11-21(12-14-22)17-15-16(7-8-18(17)27-4)29(25,26)23-9-5-6-10-23/h7-8,15H,5-6,9-14H2,1-4H3. The molecule has 29 heavy (non-hydrogen) atoms. The van der Waals surface area contributed by atoms with Gasteiger partial charge in [0.05, 0.1) is 17.7 Å². The largest absolute Gasteiger partial charge is 0.495 e. The van der Waals surface area contributed by atoms with Crippen LogP contribution in [0.2, 0.25) is 0 Å². The molecule has 0 bridgehead atoms. The van der Waals surface area contributed by atoms with E-state index in [2.05, 4.69) is 4.90 Å². The first-order valence-corrected chi connectivity index (χ1v) is 11.5. The summed E-state index contributed by atoms with van der Waals surface area (Å²) in [4.78, 5) is 16.3. The van der Waals surface area contributed by atoms with Crippen LogP contribution in [0.3, 0.4) is 0 Å². The molecule has 0 N–H and O–H groups in total. The van der Waals surface area contributed by atoms with Crippen molar-refractivity contribution >= 4 is 21.8 Å². The highest BCUT2D eigenvalue weighted by Gasteiger charge is 2.30. The van der Waals surface area contributed by atoms with Crippen molar-refractivity contribution in [3.63, 3.8) is 0 Å². The highest BCUT2D eigenvalue weighted by atomic mass is 32.2. The van der Waals surface area contributed by atoms with Gasteiger partial charge in [-0.3, -0.25) is 0 Å². The Hall–Kier alpha value is -2.00. The van der Waals surface area contributed by atoms with Crippen LogP contribution in [0.4, 0.5) is 10.5 Å². The number of nitrogens with zero attached hydrogens (tertiary/aromatic N) is 3. The van der Waals surface area contributed by atoms with Gasteiger partial charge in [-0.1, -0.05) is 0 Å². The smallest absolute Gasteiger partial charge is 0.410 e. The fraction of sp³-hybridized carbons (Fsp3) is 0.650. The molecule has 2 saturated heterocycles. The number of hydrogen-bond acceptors (Lipinski definition) is 6. The maximum absolute atomic E-state index is 12.9. The van der Waals surface area contributed by atoms with E-state index in [-0.39, 0.29) is 11.0 Å². The fourth-order valence-electron chi connectivity index (χ4n) is 3.61. The Morgan fingerprint density at radius 3 is 2.17 bits per heavy atom. The Morgan fingerprint density at radius 2 is 1.62 bits per heavy atom. The van der Waals surface area contributed by atoms with Gasteiger partial charge in [-0.15, -0.1) is 0 Å². The molecule has 1 aromatic carbocycles. The Kier molecular flexibility index (Phi) is 6.28. The molecule has 1 aromatic rings. The van der Waals surface area contributed by atoms with Crippen LogP contribution >= 0.6 is 0 Å². The van der Waals surface area contributed by atoms with Gasteiger partial charge >= 0.3 is 6.09 Å². The lowest BCUT2D eigenvalue weighted by molar-refractivity contribution is 0.0240. The molecule has 1 amide bonds. The van der Waals surface area contributed by atoms with Gasteiger partial charge in [0.2, 0.25) is 10.0 Å². The Balaban J connectivity index is 1.76. The second kappa shape index (κ2) is 8.39. The molecule has 2 aliphatic rings. The van der Waals surface area contributed by atoms with Gasteiger partial charge in [-0.2, -0.15) is 4.31 Å². The maximum Gasteiger partial charge on any atom is 0.410 e. The molecule has 0 radical (unpaired) electrons. The van der Waals surface area contributed by atoms with Crippen LogP contribution in [0.15, 0.2) is 23.1 Å². The Labute approximate surface area is 173 Å². The molecule has 9 heteroatoms. The number of benzene rings is 1. The lowest BCUT2D eigenvalue weighted by atomic mass is 10.2. The zero-order valence-electron chi connectivity index (χ0n) is 17.7. The van der Waals surface area contributed by atoms with Crippen molar-refractivity contribution in [2.45, 2.75) is 44.1 Å². The van der Waals surface area contributed by atoms with E-state index in [0.29, 0.717) is 45.0 Å². The van der Waals surface area contributed by atoms with Crippen molar-refractivity contribution in [2.24, 2.45) is 0 Å². The van der Waals surface area contributed by atoms with Crippen LogP contribution in [-0.2, 0) is 14.8 Å². The Bertz CT molecular complexity index is 836. The van der Waals surface area contributed by atoms with Gasteiger partial charge in [0, 0.05) is 39.3 Å². The first-order valence-electron chi connectivity index (χ1n) is 10.0. The molecule has 8 nitrogen and oxygen atoms in total. The van der Waals surface area contributed by atoms with Crippen molar-refractivity contribution in [3.05, 3.63) is 18.2 Å². The topological polar surface area (TPSA) is 79.4 Å². The van der Waals surface area contributed by atoms with E-state index < -0.39 is 15.6 Å². The molecular formula is C20H31N3O5S. The third-order valence-electron chi connectivity index (χ3n) is 5.13. The number of carbonyl (C=O) groups excluding carboxylic acids is 1. The molecule has 0 saturated carbocycles. The molecular weight excluding hydrogens is 394 g/mol. The third kappa shape index (κ3) is 4.95. The van der Waals surface area contributed by atoms with E-state index in [1.807, 2.05) is 20.8 Å². The number of rotatable bonds is 4. The van der Waals surface area contributed by atoms with Crippen molar-refractivity contribution in [3.8, 4) is 5.75 Å². The number of amides is 1. The zero-order chi connectivity index (χ0) is 21.2. The summed E-state index contributed by atoms with van der Waals surface area (Å²) in [6, 6.07) is 5.00. The first-order chi connectivity index (χ1) is 13.6. The number of methoxy groups -OCH3 is 1. The van der Waals surface area contributed by atoms with Crippen molar-refractivity contribution in [2.75, 3.05) is 51.3 Å². The summed E-state index contributed by atoms with van der Waals surface area (Å²) in [5.74, 6) is 0.621. The number of piperazine rings is 1. The Morgan fingerprint density at radius 1 is 1.00 bits per heavy atom. The minimum atomic E-state index is -3.50. The van der Waals surface area contributed by atoms with Gasteiger partial charge < -0.3 is 19.3 Å². The van der Waals surface area contributed by atoms with E-state index in [1.165, 1.54) is 0 Å². The SMILES string of the molecule is COc1ccc(S(=O)(=O)N2CCCC2)cc1N1CCN(C(=O)OC(C)(C)C)CC1. The fourth-order valence-corrected chi connectivity index (χ4v) is 5.15. The number of hydrogen-bond donors (Lipinski definition) is 0. The quantitative estimate of drug-likeness (QED) is 0.738. The van der Waals surface area contributed by atoms with E-state index in [4.69, 9.17) is 9.47 Å². The van der Waals surface area contributed by atoms with E-state index in [1.54, 1.807) is 34.5 Å². The molecule has 0 aliphatic carbocycles. The molecule has 0 unspecified atom stereocenters. The van der Waals surface area contributed by atoms with Crippen LogP contribution in [-0.4, -0.2) is 75.7 Å². The summed E-state index contributed by atoms with van der Waals surface area (Å²) < 4.78 is 38.3. The summed E-state index contributed by atoms with van der Waals surface area (Å²) in [5.41, 5.74) is 0.201. The molecule has 2 heterocycles. The number of sulfonamides is 1. The summed E-state index contributed by atoms with van der Waals surface area (Å²) in [6.07, 6.45) is 1.47. The summed E-state index contributed by atoms with van der Waals surface area (Å²) in [7, 11) is -1.93. The summed E-state index contributed by atoms with van der Waals surface area (Å²) in [6.45, 7) is 8.82. The van der Waals surface area contributed by atoms with Crippen LogP contribution < -0.4 is 9.64 Å². The second-order valence-corrected chi connectivity index (χ2v) is 10.3. The normalized spacial score (nSPS) is 18.8. The zero-order valence-corrected chi connectivity index (χ0v) is 18.5. The third-order valence-corrected chi connectivity index (χ3v) is 7.02. The molecule has 0 atom stereocenters. The van der Waals surface area contributed by atoms with Crippen LogP contribution in [0.1, 0.15) is 33.6 Å². The maximum atomic E-state index is 12.9. The van der Waals surface area contributed by atoms with Gasteiger partial charge in [0.25, 0.3) is 0 Å². The van der Waals surface area contributed by atoms with Crippen molar-refractivity contribution in [1.29, 1.82) is 0 Å². The molecule has 3 rings (SSSR count). The van der Waals surface area contributed by atoms with Crippen LogP contribution in [0.5, 0.6) is 5.75 Å². The molecule has 2 fully saturated rings. The summed E-state index contributed by atoms with van der Waals surface area (Å²) in [5, 5.41) is 0. The molecule has 162 valence electrons. The van der Waals surface area contributed by atoms with E-state index in [9.17, 15) is 13.2 Å². The molecule has 0 spiro atoms. The number of anilines is 1. The number of carbonyl (C=O) groups is 1. The van der Waals surface area contributed by atoms with Crippen molar-refractivity contribution < 1.29 is 22.7 Å². The van der Waals surface area contributed by atoms with Crippen LogP contribution in [0.25, 0.3) is 0 Å². The molecule has 0 aromatic heterocycles. The second-order valence-electron chi connectivity index (χ2n) is 8.40. The predicted molar refractivity (Wildman–Crippen MR) is 111 cm³/mol. The van der Waals surface area contributed by atoms with Gasteiger partial charge in [-0.25, -0.2) is 13.2 Å². The highest BCUT2D eigenvalue weighted by Crippen LogP contribution is 2.33. The highest BCUT2D eigenvalue weighted by molar-refractivity contribution is 7.89. The van der Waals surface area contributed by atoms with Crippen LogP contribution in [0, 0.1) is 0 Å². The van der Waals surface area contributed by atoms with E-state index >= 15 is 0 Å². The number of ether oxygens (including phenoxy) is 2. The monoisotopic (exact) mass is 425 g/mol. The minimum Gasteiger partial charge on any atom is -0.495 e.